The molecule has 1 aromatic heterocycles. The van der Waals surface area contributed by atoms with E-state index in [1.165, 1.54) is 36.5 Å². The lowest BCUT2D eigenvalue weighted by Crippen LogP contribution is -2.46. The van der Waals surface area contributed by atoms with Gasteiger partial charge in [0.1, 0.15) is 17.5 Å². The van der Waals surface area contributed by atoms with Crippen molar-refractivity contribution < 1.29 is 0 Å². The van der Waals surface area contributed by atoms with Gasteiger partial charge in [-0.1, -0.05) is 17.7 Å². The molecule has 25 heavy (non-hydrogen) atoms. The van der Waals surface area contributed by atoms with E-state index in [0.29, 0.717) is 6.04 Å². The standard InChI is InChI=1S/C19H23ClN4S/c1-22-9-6-15(7-10-22)24-13-21-18(17-8-11-25-19(17)24)23(2)16-5-3-4-14(20)12-16/h3-5,8,11-12,15H,6-7,9-10,13H2,1-2H3. The van der Waals surface area contributed by atoms with Crippen LogP contribution in [0.5, 0.6) is 0 Å². The van der Waals surface area contributed by atoms with Crippen LogP contribution in [0.1, 0.15) is 18.4 Å². The minimum Gasteiger partial charge on any atom is -0.340 e. The molecule has 0 saturated carbocycles. The van der Waals surface area contributed by atoms with Crippen LogP contribution in [0, 0.1) is 0 Å². The number of hydrogen-bond donors (Lipinski definition) is 0. The first-order valence-corrected chi connectivity index (χ1v) is 9.96. The lowest BCUT2D eigenvalue weighted by Gasteiger charge is -2.40. The molecule has 0 amide bonds. The maximum atomic E-state index is 6.17. The average molecular weight is 375 g/mol. The molecule has 0 bridgehead atoms. The van der Waals surface area contributed by atoms with E-state index in [1.807, 2.05) is 29.5 Å². The Balaban J connectivity index is 1.60. The monoisotopic (exact) mass is 374 g/mol. The van der Waals surface area contributed by atoms with Crippen molar-refractivity contribution in [3.63, 3.8) is 0 Å². The Morgan fingerprint density at radius 2 is 2.04 bits per heavy atom. The third-order valence-corrected chi connectivity index (χ3v) is 6.35. The predicted octanol–water partition coefficient (Wildman–Crippen LogP) is 4.16. The normalized spacial score (nSPS) is 18.8. The van der Waals surface area contributed by atoms with E-state index in [1.54, 1.807) is 0 Å². The van der Waals surface area contributed by atoms with Crippen LogP contribution in [-0.4, -0.2) is 50.6 Å². The summed E-state index contributed by atoms with van der Waals surface area (Å²) in [4.78, 5) is 12.0. The van der Waals surface area contributed by atoms with Crippen molar-refractivity contribution >= 4 is 39.5 Å². The first-order valence-electron chi connectivity index (χ1n) is 8.70. The fourth-order valence-electron chi connectivity index (χ4n) is 3.67. The lowest BCUT2D eigenvalue weighted by molar-refractivity contribution is 0.250. The highest BCUT2D eigenvalue weighted by Crippen LogP contribution is 2.36. The van der Waals surface area contributed by atoms with Crippen molar-refractivity contribution in [2.75, 3.05) is 43.7 Å². The average Bonchev–Trinajstić information content (AvgIpc) is 3.11. The first kappa shape index (κ1) is 16.9. The molecule has 4 nitrogen and oxygen atoms in total. The van der Waals surface area contributed by atoms with Gasteiger partial charge in [-0.25, -0.2) is 4.99 Å². The Bertz CT molecular complexity index is 779. The second kappa shape index (κ2) is 6.98. The van der Waals surface area contributed by atoms with Crippen LogP contribution >= 0.6 is 22.9 Å². The second-order valence-corrected chi connectivity index (χ2v) is 8.14. The third kappa shape index (κ3) is 3.28. The Hall–Kier alpha value is -1.56. The third-order valence-electron chi connectivity index (χ3n) is 5.16. The van der Waals surface area contributed by atoms with Crippen molar-refractivity contribution in [1.29, 1.82) is 0 Å². The van der Waals surface area contributed by atoms with E-state index in [-0.39, 0.29) is 0 Å². The van der Waals surface area contributed by atoms with E-state index < -0.39 is 0 Å². The molecule has 1 fully saturated rings. The van der Waals surface area contributed by atoms with Crippen molar-refractivity contribution in [2.45, 2.75) is 18.9 Å². The molecular weight excluding hydrogens is 352 g/mol. The van der Waals surface area contributed by atoms with Crippen LogP contribution in [0.4, 0.5) is 10.7 Å². The Kier molecular flexibility index (Phi) is 4.71. The molecule has 132 valence electrons. The van der Waals surface area contributed by atoms with E-state index in [0.717, 1.165) is 23.2 Å². The van der Waals surface area contributed by atoms with E-state index in [4.69, 9.17) is 16.6 Å². The van der Waals surface area contributed by atoms with Gasteiger partial charge in [-0.05, 0) is 62.6 Å². The Morgan fingerprint density at radius 1 is 1.24 bits per heavy atom. The molecule has 2 aliphatic heterocycles. The first-order chi connectivity index (χ1) is 12.1. The van der Waals surface area contributed by atoms with Gasteiger partial charge in [0, 0.05) is 23.8 Å². The number of halogens is 1. The summed E-state index contributed by atoms with van der Waals surface area (Å²) in [6, 6.07) is 10.7. The predicted molar refractivity (Wildman–Crippen MR) is 109 cm³/mol. The minimum absolute atomic E-state index is 0.593. The van der Waals surface area contributed by atoms with Crippen molar-refractivity contribution in [3.05, 3.63) is 46.3 Å². The molecule has 0 aliphatic carbocycles. The van der Waals surface area contributed by atoms with Crippen LogP contribution in [0.25, 0.3) is 0 Å². The number of anilines is 2. The molecule has 0 spiro atoms. The summed E-state index contributed by atoms with van der Waals surface area (Å²) < 4.78 is 0. The summed E-state index contributed by atoms with van der Waals surface area (Å²) in [5.41, 5.74) is 2.30. The van der Waals surface area contributed by atoms with Gasteiger partial charge in [-0.2, -0.15) is 0 Å². The van der Waals surface area contributed by atoms with Gasteiger partial charge >= 0.3 is 0 Å². The van der Waals surface area contributed by atoms with E-state index in [9.17, 15) is 0 Å². The molecule has 0 atom stereocenters. The zero-order valence-electron chi connectivity index (χ0n) is 14.7. The largest absolute Gasteiger partial charge is 0.340 e. The topological polar surface area (TPSA) is 22.1 Å². The van der Waals surface area contributed by atoms with Gasteiger partial charge in [0.25, 0.3) is 0 Å². The van der Waals surface area contributed by atoms with Gasteiger partial charge < -0.3 is 14.7 Å². The molecule has 2 aliphatic rings. The van der Waals surface area contributed by atoms with Crippen molar-refractivity contribution in [1.82, 2.24) is 4.90 Å². The summed E-state index contributed by atoms with van der Waals surface area (Å²) >= 11 is 7.99. The number of amidine groups is 1. The van der Waals surface area contributed by atoms with Crippen LogP contribution < -0.4 is 9.80 Å². The van der Waals surface area contributed by atoms with Crippen LogP contribution in [0.15, 0.2) is 40.7 Å². The highest BCUT2D eigenvalue weighted by atomic mass is 35.5. The molecule has 4 rings (SSSR count). The fourth-order valence-corrected chi connectivity index (χ4v) is 4.81. The fraction of sp³-hybridized carbons (Fsp3) is 0.421. The molecule has 6 heteroatoms. The number of benzene rings is 1. The van der Waals surface area contributed by atoms with E-state index in [2.05, 4.69) is 46.3 Å². The number of thiophene rings is 1. The van der Waals surface area contributed by atoms with Gasteiger partial charge in [-0.3, -0.25) is 0 Å². The van der Waals surface area contributed by atoms with Crippen molar-refractivity contribution in [2.24, 2.45) is 4.99 Å². The Morgan fingerprint density at radius 3 is 2.80 bits per heavy atom. The number of nitrogens with zero attached hydrogens (tertiary/aromatic N) is 4. The molecule has 2 aromatic rings. The van der Waals surface area contributed by atoms with Gasteiger partial charge in [-0.15, -0.1) is 11.3 Å². The minimum atomic E-state index is 0.593. The summed E-state index contributed by atoms with van der Waals surface area (Å²) in [6.07, 6.45) is 2.42. The molecule has 0 N–H and O–H groups in total. The summed E-state index contributed by atoms with van der Waals surface area (Å²) in [6.45, 7) is 3.07. The summed E-state index contributed by atoms with van der Waals surface area (Å²) in [5.74, 6) is 1.03. The number of fused-ring (bicyclic) bond motifs is 1. The molecule has 0 unspecified atom stereocenters. The van der Waals surface area contributed by atoms with Crippen LogP contribution in [0.3, 0.4) is 0 Å². The summed E-state index contributed by atoms with van der Waals surface area (Å²) in [7, 11) is 4.27. The van der Waals surface area contributed by atoms with E-state index >= 15 is 0 Å². The number of piperidine rings is 1. The zero-order valence-corrected chi connectivity index (χ0v) is 16.2. The highest BCUT2D eigenvalue weighted by molar-refractivity contribution is 7.14. The highest BCUT2D eigenvalue weighted by Gasteiger charge is 2.30. The lowest BCUT2D eigenvalue weighted by atomic mass is 10.0. The maximum Gasteiger partial charge on any atom is 0.140 e. The molecule has 0 radical (unpaired) electrons. The Labute approximate surface area is 158 Å². The van der Waals surface area contributed by atoms with Crippen LogP contribution in [0.2, 0.25) is 5.02 Å². The number of aliphatic imine (C=N–C) groups is 1. The quantitative estimate of drug-likeness (QED) is 0.788. The molecule has 1 aromatic carbocycles. The van der Waals surface area contributed by atoms with Gasteiger partial charge in [0.15, 0.2) is 0 Å². The number of likely N-dealkylation sites (tertiary alicyclic amines) is 1. The van der Waals surface area contributed by atoms with Gasteiger partial charge in [0.05, 0.1) is 5.56 Å². The number of hydrogen-bond acceptors (Lipinski definition) is 5. The molecule has 1 saturated heterocycles. The van der Waals surface area contributed by atoms with Gasteiger partial charge in [0.2, 0.25) is 0 Å². The number of rotatable bonds is 2. The zero-order chi connectivity index (χ0) is 17.4. The second-order valence-electron chi connectivity index (χ2n) is 6.81. The SMILES string of the molecule is CN1CCC(N2CN=C(N(C)c3cccc(Cl)c3)c3ccsc32)CC1. The van der Waals surface area contributed by atoms with Crippen molar-refractivity contribution in [3.8, 4) is 0 Å². The molecular formula is C19H23ClN4S. The smallest absolute Gasteiger partial charge is 0.140 e. The van der Waals surface area contributed by atoms with Crippen LogP contribution in [-0.2, 0) is 0 Å². The summed E-state index contributed by atoms with van der Waals surface area (Å²) in [5, 5.41) is 4.28. The maximum absolute atomic E-state index is 6.17. The molecule has 3 heterocycles.